The van der Waals surface area contributed by atoms with Crippen LogP contribution in [0.4, 0.5) is 0 Å². The Hall–Kier alpha value is -3.83. The molecule has 99 heavy (non-hydrogen) atoms. The summed E-state index contributed by atoms with van der Waals surface area (Å²) >= 11 is 0. The van der Waals surface area contributed by atoms with Gasteiger partial charge in [0.1, 0.15) is 36.2 Å². The molecule has 0 aromatic carbocycles. The van der Waals surface area contributed by atoms with Crippen molar-refractivity contribution in [1.29, 1.82) is 0 Å². The van der Waals surface area contributed by atoms with Gasteiger partial charge in [0.25, 0.3) is 5.97 Å². The van der Waals surface area contributed by atoms with Crippen molar-refractivity contribution >= 4 is 65.3 Å². The molecular formula is C74H129N13O10W2. The van der Waals surface area contributed by atoms with Crippen molar-refractivity contribution in [2.45, 2.75) is 229 Å². The predicted octanol–water partition coefficient (Wildman–Crippen LogP) is 10.8. The molecule has 11 aliphatic rings. The normalized spacial score (nSPS) is 24.2. The van der Waals surface area contributed by atoms with Gasteiger partial charge in [-0.3, -0.25) is 38.9 Å². The van der Waals surface area contributed by atoms with Gasteiger partial charge in [0.05, 0.1) is 30.1 Å². The summed E-state index contributed by atoms with van der Waals surface area (Å²) in [5.74, 6) is 0.692. The van der Waals surface area contributed by atoms with Gasteiger partial charge in [-0.2, -0.15) is 0 Å². The number of hydrogen-bond donors (Lipinski definition) is 5. The fourth-order valence-corrected chi connectivity index (χ4v) is 13.9. The van der Waals surface area contributed by atoms with Crippen LogP contribution in [-0.4, -0.2) is 215 Å². The summed E-state index contributed by atoms with van der Waals surface area (Å²) in [5.41, 5.74) is 17.4. The number of aldehydes is 3. The third-order valence-corrected chi connectivity index (χ3v) is 20.6. The van der Waals surface area contributed by atoms with Crippen molar-refractivity contribution in [2.24, 2.45) is 56.2 Å². The zero-order chi connectivity index (χ0) is 68.3. The van der Waals surface area contributed by atoms with Crippen LogP contribution >= 0.6 is 0 Å². The molecule has 0 bridgehead atoms. The maximum absolute atomic E-state index is 12.2. The number of hydrogen-bond acceptors (Lipinski definition) is 20. The van der Waals surface area contributed by atoms with Gasteiger partial charge in [-0.15, -0.1) is 13.1 Å². The molecule has 0 spiro atoms. The molecule has 11 heterocycles. The van der Waals surface area contributed by atoms with Crippen molar-refractivity contribution in [2.75, 3.05) is 85.1 Å². The van der Waals surface area contributed by atoms with E-state index in [2.05, 4.69) is 92.2 Å². The number of piperidine rings is 5. The van der Waals surface area contributed by atoms with Crippen molar-refractivity contribution in [1.82, 2.24) is 41.5 Å². The minimum atomic E-state index is -0.833. The summed E-state index contributed by atoms with van der Waals surface area (Å²) in [4.78, 5) is 100. The molecule has 2 unspecified atom stereocenters. The quantitative estimate of drug-likeness (QED) is 0.0751. The van der Waals surface area contributed by atoms with E-state index in [-0.39, 0.29) is 130 Å². The summed E-state index contributed by atoms with van der Waals surface area (Å²) in [6, 6.07) is -0.122. The monoisotopic (exact) mass is 1730 g/mol. The van der Waals surface area contributed by atoms with Gasteiger partial charge < -0.3 is 69.4 Å². The first kappa shape index (κ1) is 97.2. The Morgan fingerprint density at radius 3 is 1.09 bits per heavy atom. The summed E-state index contributed by atoms with van der Waals surface area (Å²) in [6.07, 6.45) is 23.5. The second kappa shape index (κ2) is 50.5. The van der Waals surface area contributed by atoms with Gasteiger partial charge >= 0.3 is 48.1 Å². The van der Waals surface area contributed by atoms with Crippen molar-refractivity contribution in [3.8, 4) is 0 Å². The average molecular weight is 1730 g/mol. The van der Waals surface area contributed by atoms with E-state index in [0.717, 1.165) is 180 Å². The Morgan fingerprint density at radius 1 is 0.505 bits per heavy atom. The van der Waals surface area contributed by atoms with E-state index in [1.165, 1.54) is 109 Å². The van der Waals surface area contributed by atoms with Gasteiger partial charge in [0, 0.05) is 149 Å². The molecule has 0 saturated carbocycles. The number of allylic oxidation sites excluding steroid dienone is 6. The maximum Gasteiger partial charge on any atom is 2.00 e. The third kappa shape index (κ3) is 32.0. The van der Waals surface area contributed by atoms with Crippen molar-refractivity contribution < 1.29 is 90.7 Å². The smallest absolute Gasteiger partial charge is 0.662 e. The van der Waals surface area contributed by atoms with Gasteiger partial charge in [0.2, 0.25) is 0 Å². The molecule has 8 saturated heterocycles. The Kier molecular flexibility index (Phi) is 49.6. The predicted molar refractivity (Wildman–Crippen MR) is 392 cm³/mol. The number of nitrogens with two attached hydrogens (primary N) is 1. The average Bonchev–Trinajstić information content (AvgIpc) is 1.72. The number of rotatable bonds is 15. The molecular weight excluding hydrogens is 1600 g/mol. The molecule has 0 amide bonds. The van der Waals surface area contributed by atoms with Crippen LogP contribution in [0, 0.1) is 57.8 Å². The molecule has 8 N–H and O–H groups in total. The van der Waals surface area contributed by atoms with Gasteiger partial charge in [-0.25, -0.2) is 30.1 Å². The summed E-state index contributed by atoms with van der Waals surface area (Å²) < 4.78 is 0. The van der Waals surface area contributed by atoms with E-state index in [9.17, 15) is 33.6 Å². The standard InChI is InChI=1S/C16H25N3O.C16H26N2O3.C11H18N2O3.C11H18N2.C11H17N2.C4H9NO.C2H4O2.3CH3.H3N.2W/c1-12-10-16(17-13(12)2)14-5-8-18(9-6-14)19-7-3-4-15(19)11-20;1-12(13(2)20)10-16(21)14-5-8-17(9-6-14)18-7-3-4-15(18)11-19;14-8-10-2-1-5-13(10)12-6-3-9(4-7-12)11(15)16;2*1-8-7-11(13-9(8)2)10-3-5-12-6-4-10;1-3(5)4(2)6;1-2(3)4;;;;;;/h11,14-15H,3-10H2,1-2H3;11-12,14-15H,3-10H2,1-2H3;8-10H,1-7H2,(H,15,16);10,12H,3-7H2,1-2H3;10H,3-7H2,1-2H3;3H,5H2,1-2H3;1H3,(H,3,4);4*1H3;;/q;;;;-1;;;3*-1;;2*+2/t15-;12?,15-;10-;;;;;;;;;;/m000........../s1. The minimum absolute atomic E-state index is 0. The van der Waals surface area contributed by atoms with Crippen LogP contribution in [0.2, 0.25) is 0 Å². The molecule has 0 radical (unpaired) electrons. The Balaban J connectivity index is 0. The number of aliphatic imine (C=N–C) groups is 3. The summed E-state index contributed by atoms with van der Waals surface area (Å²) in [7, 11) is 0. The van der Waals surface area contributed by atoms with Crippen LogP contribution in [0.15, 0.2) is 48.8 Å². The van der Waals surface area contributed by atoms with Crippen LogP contribution in [0.3, 0.4) is 0 Å². The number of nitrogens with zero attached hydrogens (tertiary/aromatic N) is 10. The van der Waals surface area contributed by atoms with Gasteiger partial charge in [-0.1, -0.05) is 19.8 Å². The number of aliphatic carboxylic acids is 2. The van der Waals surface area contributed by atoms with E-state index in [1.807, 2.05) is 6.92 Å². The molecule has 0 aliphatic carbocycles. The largest absolute Gasteiger partial charge is 2.00 e. The van der Waals surface area contributed by atoms with Crippen LogP contribution in [0.25, 0.3) is 5.32 Å². The minimum Gasteiger partial charge on any atom is -0.662 e. The SMILES string of the molecule is CC(=O)C(C)CC(=O)C1CCN(N2CCC[C@H]2C=O)CC1.CC(=O)C(C)N.CC(=O)O.CC1=C(C)N=C(C2CCN(N3CCC[C@H]3C=O)CC2)C1.CC1=C(C)N=C(C2CCNCC2)C1.CC1=C(C)N=C(C2CC[N-]CC2)C1.N.O=C[C@@H]1CCCN1N1CCC(C(=O)O)CC1.[CH3-].[CH3-].[CH3-].[W+2].[W+2]. The number of ketones is 3. The van der Waals surface area contributed by atoms with Crippen LogP contribution in [-0.2, 0) is 80.5 Å². The molecule has 562 valence electrons. The van der Waals surface area contributed by atoms with E-state index in [4.69, 9.17) is 25.7 Å². The Bertz CT molecular complexity index is 2630. The van der Waals surface area contributed by atoms with Gasteiger partial charge in [0.15, 0.2) is 0 Å². The van der Waals surface area contributed by atoms with Gasteiger partial charge in [-0.05, 0) is 188 Å². The number of hydrazine groups is 3. The molecule has 23 nitrogen and oxygen atoms in total. The van der Waals surface area contributed by atoms with Crippen LogP contribution < -0.4 is 17.2 Å². The second-order valence-corrected chi connectivity index (χ2v) is 27.6. The number of carbonyl (C=O) groups is 8. The number of nitrogens with one attached hydrogen (secondary N) is 1. The molecule has 8 fully saturated rings. The fraction of sp³-hybridized carbons (Fsp3) is 0.730. The molecule has 11 aliphatic heterocycles. The van der Waals surface area contributed by atoms with Crippen LogP contribution in [0.1, 0.15) is 205 Å². The first-order valence-electron chi connectivity index (χ1n) is 35.0. The van der Waals surface area contributed by atoms with Crippen LogP contribution in [0.5, 0.6) is 0 Å². The Morgan fingerprint density at radius 2 is 0.808 bits per heavy atom. The maximum atomic E-state index is 12.2. The summed E-state index contributed by atoms with van der Waals surface area (Å²) in [5, 5.41) is 37.5. The molecule has 0 aromatic heterocycles. The van der Waals surface area contributed by atoms with Crippen molar-refractivity contribution in [3.63, 3.8) is 0 Å². The molecule has 11 rings (SSSR count). The topological polar surface area (TPSA) is 321 Å². The van der Waals surface area contributed by atoms with E-state index in [1.54, 1.807) is 13.8 Å². The molecule has 5 atom stereocenters. The molecule has 0 aromatic rings. The van der Waals surface area contributed by atoms with E-state index < -0.39 is 11.9 Å². The summed E-state index contributed by atoms with van der Waals surface area (Å²) in [6.45, 7) is 33.3. The number of carboxylic acid groups (broad SMARTS) is 2. The number of carbonyl (C=O) groups excluding carboxylic acids is 6. The van der Waals surface area contributed by atoms with Crippen molar-refractivity contribution in [3.05, 3.63) is 61.4 Å². The molecule has 25 heteroatoms. The first-order valence-corrected chi connectivity index (χ1v) is 35.0. The van der Waals surface area contributed by atoms with E-state index >= 15 is 0 Å². The zero-order valence-electron chi connectivity index (χ0n) is 63.1. The fourth-order valence-electron chi connectivity index (χ4n) is 13.9. The number of carboxylic acids is 2. The van der Waals surface area contributed by atoms with E-state index in [0.29, 0.717) is 25.2 Å². The number of Topliss-reactive ketones (excluding diaryl/α,β-unsaturated/α-hetero) is 3. The first-order chi connectivity index (χ1) is 44.3. The zero-order valence-corrected chi connectivity index (χ0v) is 68.9. The second-order valence-electron chi connectivity index (χ2n) is 27.6. The Labute approximate surface area is 625 Å². The third-order valence-electron chi connectivity index (χ3n) is 20.6.